The molecule has 0 saturated heterocycles. The summed E-state index contributed by atoms with van der Waals surface area (Å²) in [6.07, 6.45) is 2.72. The van der Waals surface area contributed by atoms with Gasteiger partial charge in [0.05, 0.1) is 11.4 Å². The Balaban J connectivity index is 0.000000531. The first-order chi connectivity index (χ1) is 7.31. The fraction of sp³-hybridized carbons (Fsp3) is 0.417. The molecule has 0 radical (unpaired) electrons. The zero-order chi connectivity index (χ0) is 11.3. The maximum atomic E-state index is 4.46. The Morgan fingerprint density at radius 2 is 2.20 bits per heavy atom. The van der Waals surface area contributed by atoms with Gasteiger partial charge >= 0.3 is 0 Å². The zero-order valence-electron chi connectivity index (χ0n) is 9.56. The lowest BCUT2D eigenvalue weighted by atomic mass is 10.2. The van der Waals surface area contributed by atoms with E-state index in [0.29, 0.717) is 0 Å². The van der Waals surface area contributed by atoms with Crippen molar-refractivity contribution in [2.45, 2.75) is 26.8 Å². The van der Waals surface area contributed by atoms with Gasteiger partial charge in [-0.3, -0.25) is 0 Å². The number of nitrogens with one attached hydrogen (secondary N) is 2. The fourth-order valence-electron chi connectivity index (χ4n) is 1.47. The SMILES string of the molecule is C=CC(=C)c1nc2c([nH]1)CNCC2.CC. The molecular weight excluding hydrogens is 186 g/mol. The van der Waals surface area contributed by atoms with Gasteiger partial charge in [0.15, 0.2) is 0 Å². The lowest BCUT2D eigenvalue weighted by Gasteiger charge is -2.09. The minimum Gasteiger partial charge on any atom is -0.341 e. The van der Waals surface area contributed by atoms with Crippen LogP contribution >= 0.6 is 0 Å². The van der Waals surface area contributed by atoms with Crippen molar-refractivity contribution in [2.24, 2.45) is 0 Å². The van der Waals surface area contributed by atoms with Crippen LogP contribution in [0.1, 0.15) is 31.1 Å². The smallest absolute Gasteiger partial charge is 0.137 e. The summed E-state index contributed by atoms with van der Waals surface area (Å²) in [7, 11) is 0. The first-order valence-electron chi connectivity index (χ1n) is 5.41. The lowest BCUT2D eigenvalue weighted by Crippen LogP contribution is -2.23. The average Bonchev–Trinajstić information content (AvgIpc) is 2.74. The lowest BCUT2D eigenvalue weighted by molar-refractivity contribution is 0.627. The first-order valence-corrected chi connectivity index (χ1v) is 5.41. The van der Waals surface area contributed by atoms with Gasteiger partial charge in [-0.25, -0.2) is 4.98 Å². The van der Waals surface area contributed by atoms with Crippen molar-refractivity contribution >= 4 is 5.57 Å². The number of imidazole rings is 1. The Morgan fingerprint density at radius 1 is 1.47 bits per heavy atom. The van der Waals surface area contributed by atoms with Gasteiger partial charge in [0, 0.05) is 25.1 Å². The third kappa shape index (κ3) is 2.57. The molecule has 0 saturated carbocycles. The number of H-pyrrole nitrogens is 1. The van der Waals surface area contributed by atoms with Gasteiger partial charge in [-0.15, -0.1) is 0 Å². The summed E-state index contributed by atoms with van der Waals surface area (Å²) in [5, 5.41) is 3.28. The molecule has 0 spiro atoms. The maximum Gasteiger partial charge on any atom is 0.137 e. The molecule has 0 atom stereocenters. The Hall–Kier alpha value is -1.35. The van der Waals surface area contributed by atoms with Crippen LogP contribution in [-0.2, 0) is 13.0 Å². The Labute approximate surface area is 91.3 Å². The van der Waals surface area contributed by atoms with Crippen LogP contribution in [0.15, 0.2) is 19.2 Å². The average molecular weight is 205 g/mol. The summed E-state index contributed by atoms with van der Waals surface area (Å²) in [5.74, 6) is 0.851. The number of aromatic nitrogens is 2. The second-order valence-corrected chi connectivity index (χ2v) is 3.17. The van der Waals surface area contributed by atoms with E-state index in [1.165, 1.54) is 5.69 Å². The van der Waals surface area contributed by atoms with Crippen LogP contribution in [0.3, 0.4) is 0 Å². The molecule has 2 N–H and O–H groups in total. The standard InChI is InChI=1S/C10H13N3.C2H6/c1-3-7(2)10-12-8-4-5-11-6-9(8)13-10;1-2/h3,11H,1-2,4-6H2,(H,12,13);1-2H3. The highest BCUT2D eigenvalue weighted by Gasteiger charge is 2.13. The third-order valence-corrected chi connectivity index (χ3v) is 2.26. The van der Waals surface area contributed by atoms with Crippen LogP contribution in [0.2, 0.25) is 0 Å². The predicted octanol–water partition coefficient (Wildman–Crippen LogP) is 2.28. The van der Waals surface area contributed by atoms with Gasteiger partial charge in [-0.2, -0.15) is 0 Å². The van der Waals surface area contributed by atoms with E-state index in [4.69, 9.17) is 0 Å². The monoisotopic (exact) mass is 205 g/mol. The highest BCUT2D eigenvalue weighted by molar-refractivity contribution is 5.66. The number of hydrogen-bond acceptors (Lipinski definition) is 2. The largest absolute Gasteiger partial charge is 0.341 e. The van der Waals surface area contributed by atoms with Crippen molar-refractivity contribution in [2.75, 3.05) is 6.54 Å². The number of fused-ring (bicyclic) bond motifs is 1. The van der Waals surface area contributed by atoms with Crippen LogP contribution < -0.4 is 5.32 Å². The molecule has 1 aromatic heterocycles. The van der Waals surface area contributed by atoms with Gasteiger partial charge < -0.3 is 10.3 Å². The number of rotatable bonds is 2. The van der Waals surface area contributed by atoms with Crippen LogP contribution in [-0.4, -0.2) is 16.5 Å². The van der Waals surface area contributed by atoms with Crippen molar-refractivity contribution in [3.63, 3.8) is 0 Å². The summed E-state index contributed by atoms with van der Waals surface area (Å²) < 4.78 is 0. The molecule has 2 heterocycles. The number of aromatic amines is 1. The Morgan fingerprint density at radius 3 is 2.80 bits per heavy atom. The van der Waals surface area contributed by atoms with Gasteiger partial charge in [0.1, 0.15) is 5.82 Å². The molecular formula is C12H19N3. The van der Waals surface area contributed by atoms with Crippen LogP contribution in [0, 0.1) is 0 Å². The van der Waals surface area contributed by atoms with Crippen molar-refractivity contribution in [1.29, 1.82) is 0 Å². The zero-order valence-corrected chi connectivity index (χ0v) is 9.56. The first kappa shape index (κ1) is 11.7. The van der Waals surface area contributed by atoms with E-state index < -0.39 is 0 Å². The van der Waals surface area contributed by atoms with E-state index in [2.05, 4.69) is 28.4 Å². The quantitative estimate of drug-likeness (QED) is 0.727. The Kier molecular flexibility index (Phi) is 4.31. The molecule has 3 nitrogen and oxygen atoms in total. The van der Waals surface area contributed by atoms with Crippen LogP contribution in [0.25, 0.3) is 5.57 Å². The molecule has 3 heteroatoms. The van der Waals surface area contributed by atoms with Gasteiger partial charge in [0.25, 0.3) is 0 Å². The second kappa shape index (κ2) is 5.51. The fourth-order valence-corrected chi connectivity index (χ4v) is 1.47. The van der Waals surface area contributed by atoms with Crippen LogP contribution in [0.4, 0.5) is 0 Å². The molecule has 1 aliphatic rings. The summed E-state index contributed by atoms with van der Waals surface area (Å²) >= 11 is 0. The van der Waals surface area contributed by atoms with E-state index >= 15 is 0 Å². The van der Waals surface area contributed by atoms with E-state index in [1.54, 1.807) is 6.08 Å². The molecule has 0 aliphatic carbocycles. The minimum absolute atomic E-state index is 0.851. The van der Waals surface area contributed by atoms with Crippen molar-refractivity contribution in [3.05, 3.63) is 36.4 Å². The molecule has 1 aliphatic heterocycles. The van der Waals surface area contributed by atoms with E-state index in [1.807, 2.05) is 13.8 Å². The molecule has 0 unspecified atom stereocenters. The highest BCUT2D eigenvalue weighted by atomic mass is 15.0. The predicted molar refractivity (Wildman–Crippen MR) is 64.6 cm³/mol. The van der Waals surface area contributed by atoms with E-state index in [0.717, 1.165) is 36.6 Å². The van der Waals surface area contributed by atoms with Crippen LogP contribution in [0.5, 0.6) is 0 Å². The normalized spacial score (nSPS) is 13.5. The molecule has 82 valence electrons. The molecule has 0 amide bonds. The maximum absolute atomic E-state index is 4.46. The highest BCUT2D eigenvalue weighted by Crippen LogP contribution is 2.15. The summed E-state index contributed by atoms with van der Waals surface area (Å²) in [4.78, 5) is 7.70. The topological polar surface area (TPSA) is 40.7 Å². The summed E-state index contributed by atoms with van der Waals surface area (Å²) in [5.41, 5.74) is 3.20. The second-order valence-electron chi connectivity index (χ2n) is 3.17. The number of allylic oxidation sites excluding steroid dienone is 2. The van der Waals surface area contributed by atoms with Gasteiger partial charge in [0.2, 0.25) is 0 Å². The van der Waals surface area contributed by atoms with E-state index in [-0.39, 0.29) is 0 Å². The number of nitrogens with zero attached hydrogens (tertiary/aromatic N) is 1. The van der Waals surface area contributed by atoms with Gasteiger partial charge in [-0.1, -0.05) is 33.1 Å². The summed E-state index contributed by atoms with van der Waals surface area (Å²) in [6.45, 7) is 13.4. The van der Waals surface area contributed by atoms with Crippen molar-refractivity contribution in [1.82, 2.24) is 15.3 Å². The minimum atomic E-state index is 0.851. The molecule has 1 aromatic rings. The molecule has 0 aromatic carbocycles. The van der Waals surface area contributed by atoms with Crippen molar-refractivity contribution < 1.29 is 0 Å². The molecule has 15 heavy (non-hydrogen) atoms. The summed E-state index contributed by atoms with van der Waals surface area (Å²) in [6, 6.07) is 0. The number of hydrogen-bond donors (Lipinski definition) is 2. The molecule has 0 bridgehead atoms. The molecule has 2 rings (SSSR count). The van der Waals surface area contributed by atoms with Crippen molar-refractivity contribution in [3.8, 4) is 0 Å². The van der Waals surface area contributed by atoms with E-state index in [9.17, 15) is 0 Å². The van der Waals surface area contributed by atoms with Gasteiger partial charge in [-0.05, 0) is 0 Å². The molecule has 0 fully saturated rings. The Bertz CT molecular complexity index is 326. The third-order valence-electron chi connectivity index (χ3n) is 2.26.